The predicted octanol–water partition coefficient (Wildman–Crippen LogP) is 4.57. The number of hydrogen-bond acceptors (Lipinski definition) is 4. The summed E-state index contributed by atoms with van der Waals surface area (Å²) in [5.74, 6) is 0.854. The second-order valence-electron chi connectivity index (χ2n) is 7.39. The number of aromatic nitrogens is 4. The van der Waals surface area contributed by atoms with E-state index in [9.17, 15) is 4.79 Å². The van der Waals surface area contributed by atoms with Crippen molar-refractivity contribution in [3.05, 3.63) is 102 Å². The molecule has 6 nitrogen and oxygen atoms in total. The van der Waals surface area contributed by atoms with Crippen molar-refractivity contribution in [3.8, 4) is 5.82 Å². The second-order valence-corrected chi connectivity index (χ2v) is 7.39. The normalized spacial score (nSPS) is 11.8. The van der Waals surface area contributed by atoms with E-state index in [1.807, 2.05) is 60.2 Å². The minimum atomic E-state index is -0.109. The molecule has 0 bridgehead atoms. The summed E-state index contributed by atoms with van der Waals surface area (Å²) in [6.07, 6.45) is 9.52. The van der Waals surface area contributed by atoms with Crippen LogP contribution in [-0.2, 0) is 6.42 Å². The van der Waals surface area contributed by atoms with Crippen LogP contribution in [0.4, 0.5) is 5.69 Å². The van der Waals surface area contributed by atoms with E-state index in [2.05, 4.69) is 28.3 Å². The fourth-order valence-electron chi connectivity index (χ4n) is 3.36. The Kier molecular flexibility index (Phi) is 5.66. The van der Waals surface area contributed by atoms with Gasteiger partial charge in [0.05, 0.1) is 11.9 Å². The molecular formula is C24H23N5O. The van der Waals surface area contributed by atoms with Gasteiger partial charge in [0.25, 0.3) is 5.91 Å². The van der Waals surface area contributed by atoms with Gasteiger partial charge in [-0.1, -0.05) is 36.8 Å². The molecule has 0 unspecified atom stereocenters. The van der Waals surface area contributed by atoms with E-state index >= 15 is 0 Å². The number of nitrogens with zero attached hydrogens (tertiary/aromatic N) is 4. The fourth-order valence-corrected chi connectivity index (χ4v) is 3.36. The van der Waals surface area contributed by atoms with Crippen molar-refractivity contribution in [3.63, 3.8) is 0 Å². The highest BCUT2D eigenvalue weighted by Gasteiger charge is 2.12. The first-order chi connectivity index (χ1) is 14.6. The van der Waals surface area contributed by atoms with Crippen LogP contribution in [0.3, 0.4) is 0 Å². The lowest BCUT2D eigenvalue weighted by Gasteiger charge is -2.14. The minimum Gasteiger partial charge on any atom is -0.322 e. The molecule has 0 radical (unpaired) electrons. The quantitative estimate of drug-likeness (QED) is 0.517. The smallest absolute Gasteiger partial charge is 0.255 e. The van der Waals surface area contributed by atoms with E-state index < -0.39 is 0 Å². The highest BCUT2D eigenvalue weighted by atomic mass is 16.1. The maximum absolute atomic E-state index is 12.6. The molecule has 2 heterocycles. The van der Waals surface area contributed by atoms with Crippen molar-refractivity contribution in [1.29, 1.82) is 0 Å². The van der Waals surface area contributed by atoms with Crippen molar-refractivity contribution in [2.75, 3.05) is 5.32 Å². The van der Waals surface area contributed by atoms with E-state index in [-0.39, 0.29) is 11.8 Å². The van der Waals surface area contributed by atoms with Crippen LogP contribution in [0.5, 0.6) is 0 Å². The van der Waals surface area contributed by atoms with Gasteiger partial charge in [-0.2, -0.15) is 0 Å². The molecule has 0 aliphatic rings. The maximum Gasteiger partial charge on any atom is 0.255 e. The molecule has 150 valence electrons. The topological polar surface area (TPSA) is 72.7 Å². The third-order valence-corrected chi connectivity index (χ3v) is 4.95. The van der Waals surface area contributed by atoms with Gasteiger partial charge in [0, 0.05) is 29.8 Å². The van der Waals surface area contributed by atoms with E-state index in [0.29, 0.717) is 5.56 Å². The SMILES string of the molecule is Cc1cccc(C(=O)Nc2cccc([C@H](C)Cc3cncc(-n4ccnc4)n3)c2)c1. The number of carbonyl (C=O) groups excluding carboxylic acids is 1. The first kappa shape index (κ1) is 19.5. The molecule has 6 heteroatoms. The highest BCUT2D eigenvalue weighted by Crippen LogP contribution is 2.23. The molecule has 30 heavy (non-hydrogen) atoms. The van der Waals surface area contributed by atoms with Crippen molar-refractivity contribution in [2.45, 2.75) is 26.2 Å². The number of anilines is 1. The number of carbonyl (C=O) groups is 1. The summed E-state index contributed by atoms with van der Waals surface area (Å²) in [6, 6.07) is 15.5. The zero-order chi connectivity index (χ0) is 20.9. The number of nitrogens with one attached hydrogen (secondary N) is 1. The van der Waals surface area contributed by atoms with Gasteiger partial charge in [0.1, 0.15) is 6.33 Å². The average Bonchev–Trinajstić information content (AvgIpc) is 3.29. The van der Waals surface area contributed by atoms with Crippen LogP contribution in [0.2, 0.25) is 0 Å². The van der Waals surface area contributed by atoms with Gasteiger partial charge >= 0.3 is 0 Å². The molecule has 1 N–H and O–H groups in total. The molecule has 0 aliphatic carbocycles. The Labute approximate surface area is 175 Å². The Morgan fingerprint density at radius 3 is 2.77 bits per heavy atom. The zero-order valence-electron chi connectivity index (χ0n) is 17.0. The number of imidazole rings is 1. The molecule has 0 fully saturated rings. The Morgan fingerprint density at radius 1 is 1.10 bits per heavy atom. The van der Waals surface area contributed by atoms with E-state index in [4.69, 9.17) is 4.98 Å². The monoisotopic (exact) mass is 397 g/mol. The van der Waals surface area contributed by atoms with Crippen molar-refractivity contribution >= 4 is 11.6 Å². The van der Waals surface area contributed by atoms with Crippen LogP contribution >= 0.6 is 0 Å². The van der Waals surface area contributed by atoms with E-state index in [0.717, 1.165) is 34.7 Å². The first-order valence-corrected chi connectivity index (χ1v) is 9.86. The van der Waals surface area contributed by atoms with Crippen LogP contribution in [0.15, 0.2) is 79.6 Å². The summed E-state index contributed by atoms with van der Waals surface area (Å²) >= 11 is 0. The molecule has 0 aliphatic heterocycles. The summed E-state index contributed by atoms with van der Waals surface area (Å²) in [4.78, 5) is 25.6. The largest absolute Gasteiger partial charge is 0.322 e. The van der Waals surface area contributed by atoms with Crippen LogP contribution in [0.1, 0.15) is 40.0 Å². The summed E-state index contributed by atoms with van der Waals surface area (Å²) < 4.78 is 1.84. The van der Waals surface area contributed by atoms with Crippen LogP contribution in [0.25, 0.3) is 5.82 Å². The molecule has 0 saturated heterocycles. The highest BCUT2D eigenvalue weighted by molar-refractivity contribution is 6.04. The molecular weight excluding hydrogens is 374 g/mol. The third-order valence-electron chi connectivity index (χ3n) is 4.95. The minimum absolute atomic E-state index is 0.109. The zero-order valence-corrected chi connectivity index (χ0v) is 17.0. The molecule has 2 aromatic heterocycles. The van der Waals surface area contributed by atoms with Gasteiger partial charge in [0.15, 0.2) is 5.82 Å². The second kappa shape index (κ2) is 8.69. The molecule has 1 atom stereocenters. The van der Waals surface area contributed by atoms with Gasteiger partial charge in [-0.3, -0.25) is 14.3 Å². The summed E-state index contributed by atoms with van der Waals surface area (Å²) in [6.45, 7) is 4.12. The van der Waals surface area contributed by atoms with Crippen LogP contribution in [0, 0.1) is 6.92 Å². The number of benzene rings is 2. The lowest BCUT2D eigenvalue weighted by Crippen LogP contribution is -2.12. The van der Waals surface area contributed by atoms with Crippen molar-refractivity contribution < 1.29 is 4.79 Å². The van der Waals surface area contributed by atoms with Gasteiger partial charge in [-0.15, -0.1) is 0 Å². The standard InChI is InChI=1S/C24H23N5O/c1-17-5-3-7-20(11-17)24(30)28-21-8-4-6-19(13-21)18(2)12-22-14-26-15-23(27-22)29-10-9-25-16-29/h3-11,13-16,18H,12H2,1-2H3,(H,28,30)/t18-/m1/s1. The number of amides is 1. The Morgan fingerprint density at radius 2 is 1.97 bits per heavy atom. The average molecular weight is 397 g/mol. The first-order valence-electron chi connectivity index (χ1n) is 9.86. The molecule has 1 amide bonds. The Balaban J connectivity index is 1.47. The molecule has 2 aromatic carbocycles. The summed E-state index contributed by atoms with van der Waals surface area (Å²) in [5.41, 5.74) is 4.53. The number of hydrogen-bond donors (Lipinski definition) is 1. The van der Waals surface area contributed by atoms with Gasteiger partial charge in [0.2, 0.25) is 0 Å². The lowest BCUT2D eigenvalue weighted by atomic mass is 9.96. The number of rotatable bonds is 6. The summed E-state index contributed by atoms with van der Waals surface area (Å²) in [5, 5.41) is 3.00. The predicted molar refractivity (Wildman–Crippen MR) is 117 cm³/mol. The van der Waals surface area contributed by atoms with Gasteiger partial charge < -0.3 is 5.32 Å². The van der Waals surface area contributed by atoms with Crippen molar-refractivity contribution in [1.82, 2.24) is 19.5 Å². The molecule has 0 saturated carbocycles. The van der Waals surface area contributed by atoms with E-state index in [1.165, 1.54) is 0 Å². The third kappa shape index (κ3) is 4.60. The van der Waals surface area contributed by atoms with Crippen LogP contribution < -0.4 is 5.32 Å². The maximum atomic E-state index is 12.6. The fraction of sp³-hybridized carbons (Fsp3) is 0.167. The molecule has 4 rings (SSSR count). The lowest BCUT2D eigenvalue weighted by molar-refractivity contribution is 0.102. The Bertz CT molecular complexity index is 1150. The van der Waals surface area contributed by atoms with E-state index in [1.54, 1.807) is 24.9 Å². The molecule has 0 spiro atoms. The van der Waals surface area contributed by atoms with Crippen molar-refractivity contribution in [2.24, 2.45) is 0 Å². The number of aryl methyl sites for hydroxylation is 1. The molecule has 4 aromatic rings. The van der Waals surface area contributed by atoms with Crippen LogP contribution in [-0.4, -0.2) is 25.4 Å². The Hall–Kier alpha value is -3.80. The summed E-state index contributed by atoms with van der Waals surface area (Å²) in [7, 11) is 0. The van der Waals surface area contributed by atoms with Gasteiger partial charge in [-0.05, 0) is 49.1 Å². The van der Waals surface area contributed by atoms with Gasteiger partial charge in [-0.25, -0.2) is 9.97 Å².